The van der Waals surface area contributed by atoms with Gasteiger partial charge in [-0.3, -0.25) is 10.1 Å². The van der Waals surface area contributed by atoms with Gasteiger partial charge in [-0.2, -0.15) is 0 Å². The summed E-state index contributed by atoms with van der Waals surface area (Å²) in [7, 11) is 0. The molecule has 0 amide bonds. The highest BCUT2D eigenvalue weighted by molar-refractivity contribution is 6.32. The number of nitro groups is 1. The predicted octanol–water partition coefficient (Wildman–Crippen LogP) is 3.42. The van der Waals surface area contributed by atoms with Crippen LogP contribution in [0.15, 0.2) is 18.7 Å². The molecule has 0 unspecified atom stereocenters. The highest BCUT2D eigenvalue weighted by atomic mass is 35.5. The molecule has 74 valence electrons. The van der Waals surface area contributed by atoms with Crippen LogP contribution in [0.5, 0.6) is 0 Å². The molecule has 0 aliphatic heterocycles. The molecule has 0 spiro atoms. The molecular weight excluding hydrogens is 209 g/mol. The molecule has 0 heterocycles. The van der Waals surface area contributed by atoms with Crippen LogP contribution in [0.3, 0.4) is 0 Å². The lowest BCUT2D eigenvalue weighted by molar-refractivity contribution is -0.384. The van der Waals surface area contributed by atoms with Gasteiger partial charge in [0.05, 0.1) is 4.92 Å². The molecule has 0 aromatic heterocycles. The van der Waals surface area contributed by atoms with E-state index in [2.05, 4.69) is 6.58 Å². The van der Waals surface area contributed by atoms with Crippen molar-refractivity contribution < 1.29 is 9.31 Å². The Morgan fingerprint density at radius 3 is 2.64 bits per heavy atom. The lowest BCUT2D eigenvalue weighted by Gasteiger charge is -2.02. The van der Waals surface area contributed by atoms with Crippen molar-refractivity contribution in [3.05, 3.63) is 45.2 Å². The molecule has 1 rings (SSSR count). The third-order valence-electron chi connectivity index (χ3n) is 1.69. The SMILES string of the molecule is C=C(C)c1cc([N+](=O)[O-])c(Cl)cc1F. The van der Waals surface area contributed by atoms with E-state index in [0.717, 1.165) is 12.1 Å². The quantitative estimate of drug-likeness (QED) is 0.560. The fraction of sp³-hybridized carbons (Fsp3) is 0.111. The highest BCUT2D eigenvalue weighted by Crippen LogP contribution is 2.29. The molecule has 0 radical (unpaired) electrons. The molecule has 0 aliphatic rings. The van der Waals surface area contributed by atoms with Gasteiger partial charge in [0, 0.05) is 17.7 Å². The van der Waals surface area contributed by atoms with Crippen LogP contribution in [-0.2, 0) is 0 Å². The van der Waals surface area contributed by atoms with Gasteiger partial charge in [0.15, 0.2) is 0 Å². The monoisotopic (exact) mass is 215 g/mol. The molecule has 0 saturated carbocycles. The summed E-state index contributed by atoms with van der Waals surface area (Å²) >= 11 is 5.49. The first-order valence-corrected chi connectivity index (χ1v) is 4.10. The summed E-state index contributed by atoms with van der Waals surface area (Å²) in [4.78, 5) is 9.82. The highest BCUT2D eigenvalue weighted by Gasteiger charge is 2.16. The van der Waals surface area contributed by atoms with E-state index in [-0.39, 0.29) is 16.3 Å². The Bertz CT molecular complexity index is 382. The Morgan fingerprint density at radius 1 is 1.64 bits per heavy atom. The minimum absolute atomic E-state index is 0.112. The zero-order chi connectivity index (χ0) is 10.9. The van der Waals surface area contributed by atoms with Gasteiger partial charge in [0.25, 0.3) is 5.69 Å². The second kappa shape index (κ2) is 3.75. The summed E-state index contributed by atoms with van der Waals surface area (Å²) < 4.78 is 13.2. The van der Waals surface area contributed by atoms with Crippen molar-refractivity contribution in [2.45, 2.75) is 6.92 Å². The average molecular weight is 216 g/mol. The first kappa shape index (κ1) is 10.7. The fourth-order valence-corrected chi connectivity index (χ4v) is 1.22. The number of rotatable bonds is 2. The van der Waals surface area contributed by atoms with E-state index in [1.165, 1.54) is 0 Å². The number of benzene rings is 1. The van der Waals surface area contributed by atoms with Crippen molar-refractivity contribution in [2.24, 2.45) is 0 Å². The predicted molar refractivity (Wildman–Crippen MR) is 52.8 cm³/mol. The molecule has 1 aromatic rings. The molecule has 1 aromatic carbocycles. The van der Waals surface area contributed by atoms with Crippen LogP contribution in [0.4, 0.5) is 10.1 Å². The van der Waals surface area contributed by atoms with Crippen molar-refractivity contribution in [3.8, 4) is 0 Å². The minimum atomic E-state index is -0.659. The van der Waals surface area contributed by atoms with Crippen LogP contribution in [0.1, 0.15) is 12.5 Å². The van der Waals surface area contributed by atoms with Crippen molar-refractivity contribution in [3.63, 3.8) is 0 Å². The standard InChI is InChI=1S/C9H7ClFNO2/c1-5(2)6-3-9(12(13)14)7(10)4-8(6)11/h3-4H,1H2,2H3. The number of hydrogen-bond donors (Lipinski definition) is 0. The summed E-state index contributed by atoms with van der Waals surface area (Å²) in [5.41, 5.74) is 0.217. The van der Waals surface area contributed by atoms with Gasteiger partial charge >= 0.3 is 0 Å². The molecule has 5 heteroatoms. The van der Waals surface area contributed by atoms with Crippen molar-refractivity contribution in [1.82, 2.24) is 0 Å². The molecule has 0 aliphatic carbocycles. The van der Waals surface area contributed by atoms with E-state index in [4.69, 9.17) is 11.6 Å². The molecule has 14 heavy (non-hydrogen) atoms. The van der Waals surface area contributed by atoms with E-state index in [0.29, 0.717) is 5.57 Å². The Labute approximate surface area is 85.0 Å². The molecule has 3 nitrogen and oxygen atoms in total. The van der Waals surface area contributed by atoms with E-state index < -0.39 is 10.7 Å². The van der Waals surface area contributed by atoms with Gasteiger partial charge in [-0.05, 0) is 12.5 Å². The van der Waals surface area contributed by atoms with Gasteiger partial charge in [0.2, 0.25) is 0 Å². The third-order valence-corrected chi connectivity index (χ3v) is 2.00. The topological polar surface area (TPSA) is 43.1 Å². The van der Waals surface area contributed by atoms with Gasteiger partial charge in [0.1, 0.15) is 10.8 Å². The smallest absolute Gasteiger partial charge is 0.258 e. The summed E-state index contributed by atoms with van der Waals surface area (Å²) in [5.74, 6) is -0.604. The van der Waals surface area contributed by atoms with Crippen LogP contribution in [0, 0.1) is 15.9 Å². The summed E-state index contributed by atoms with van der Waals surface area (Å²) in [6, 6.07) is 2.00. The largest absolute Gasteiger partial charge is 0.288 e. The lowest BCUT2D eigenvalue weighted by atomic mass is 10.1. The maximum absolute atomic E-state index is 13.2. The van der Waals surface area contributed by atoms with E-state index in [9.17, 15) is 14.5 Å². The third kappa shape index (κ3) is 1.90. The van der Waals surface area contributed by atoms with Gasteiger partial charge in [-0.1, -0.05) is 18.2 Å². The molecule has 0 atom stereocenters. The summed E-state index contributed by atoms with van der Waals surface area (Å²) in [6.07, 6.45) is 0. The minimum Gasteiger partial charge on any atom is -0.258 e. The molecule has 0 fully saturated rings. The Balaban J connectivity index is 3.42. The normalized spacial score (nSPS) is 9.93. The lowest BCUT2D eigenvalue weighted by Crippen LogP contribution is -1.94. The Kier molecular flexibility index (Phi) is 2.86. The number of nitro benzene ring substituents is 1. The van der Waals surface area contributed by atoms with Crippen molar-refractivity contribution in [2.75, 3.05) is 0 Å². The first-order valence-electron chi connectivity index (χ1n) is 3.72. The second-order valence-electron chi connectivity index (χ2n) is 2.82. The zero-order valence-corrected chi connectivity index (χ0v) is 8.14. The van der Waals surface area contributed by atoms with Crippen LogP contribution >= 0.6 is 11.6 Å². The summed E-state index contributed by atoms with van der Waals surface area (Å²) in [5, 5.41) is 10.3. The first-order chi connectivity index (χ1) is 6.43. The van der Waals surface area contributed by atoms with Crippen LogP contribution in [0.25, 0.3) is 5.57 Å². The van der Waals surface area contributed by atoms with Crippen LogP contribution in [-0.4, -0.2) is 4.92 Å². The number of nitrogens with zero attached hydrogens (tertiary/aromatic N) is 1. The Hall–Kier alpha value is -1.42. The number of allylic oxidation sites excluding steroid dienone is 1. The maximum Gasteiger partial charge on any atom is 0.288 e. The van der Waals surface area contributed by atoms with Crippen LogP contribution < -0.4 is 0 Å². The van der Waals surface area contributed by atoms with Gasteiger partial charge in [-0.25, -0.2) is 4.39 Å². The molecule has 0 bridgehead atoms. The van der Waals surface area contributed by atoms with E-state index in [1.54, 1.807) is 6.92 Å². The van der Waals surface area contributed by atoms with Gasteiger partial charge < -0.3 is 0 Å². The fourth-order valence-electron chi connectivity index (χ4n) is 1.00. The number of halogens is 2. The van der Waals surface area contributed by atoms with E-state index in [1.807, 2.05) is 0 Å². The van der Waals surface area contributed by atoms with Crippen molar-refractivity contribution in [1.29, 1.82) is 0 Å². The van der Waals surface area contributed by atoms with Crippen molar-refractivity contribution >= 4 is 22.9 Å². The number of hydrogen-bond acceptors (Lipinski definition) is 2. The van der Waals surface area contributed by atoms with Crippen LogP contribution in [0.2, 0.25) is 5.02 Å². The molecule has 0 saturated heterocycles. The zero-order valence-electron chi connectivity index (χ0n) is 7.38. The maximum atomic E-state index is 13.2. The summed E-state index contributed by atoms with van der Waals surface area (Å²) in [6.45, 7) is 5.08. The second-order valence-corrected chi connectivity index (χ2v) is 3.23. The van der Waals surface area contributed by atoms with E-state index >= 15 is 0 Å². The average Bonchev–Trinajstić information content (AvgIpc) is 2.02. The Morgan fingerprint density at radius 2 is 2.21 bits per heavy atom. The van der Waals surface area contributed by atoms with Gasteiger partial charge in [-0.15, -0.1) is 0 Å². The molecular formula is C9H7ClFNO2. The molecule has 0 N–H and O–H groups in total.